The molecule has 11 heavy (non-hydrogen) atoms. The van der Waals surface area contributed by atoms with Crippen LogP contribution in [0.25, 0.3) is 0 Å². The molecule has 2 heteroatoms. The van der Waals surface area contributed by atoms with Crippen LogP contribution in [-0.2, 0) is 12.8 Å². The fraction of sp³-hybridized carbons (Fsp3) is 0.222. The van der Waals surface area contributed by atoms with Crippen LogP contribution in [0.15, 0.2) is 18.2 Å². The molecule has 0 atom stereocenters. The van der Waals surface area contributed by atoms with Gasteiger partial charge in [-0.2, -0.15) is 0 Å². The van der Waals surface area contributed by atoms with Crippen LogP contribution < -0.4 is 0 Å². The highest BCUT2D eigenvalue weighted by molar-refractivity contribution is 6.67. The number of aryl methyl sites for hydroxylation is 2. The molecule has 0 saturated carbocycles. The molecule has 1 aliphatic rings. The van der Waals surface area contributed by atoms with Crippen molar-refractivity contribution >= 4 is 16.8 Å². The van der Waals surface area contributed by atoms with E-state index in [0.717, 1.165) is 12.8 Å². The highest BCUT2D eigenvalue weighted by Crippen LogP contribution is 2.23. The molecule has 0 heterocycles. The summed E-state index contributed by atoms with van der Waals surface area (Å²) in [6.07, 6.45) is 2.24. The maximum atomic E-state index is 10.7. The predicted octanol–water partition coefficient (Wildman–Crippen LogP) is 2.16. The van der Waals surface area contributed by atoms with E-state index in [0.29, 0.717) is 5.56 Å². The van der Waals surface area contributed by atoms with E-state index in [1.165, 1.54) is 11.1 Å². The van der Waals surface area contributed by atoms with Crippen LogP contribution in [0.4, 0.5) is 0 Å². The molecule has 0 spiro atoms. The lowest BCUT2D eigenvalue weighted by atomic mass is 9.87. The summed E-state index contributed by atoms with van der Waals surface area (Å²) in [6.45, 7) is 0. The van der Waals surface area contributed by atoms with E-state index in [9.17, 15) is 4.79 Å². The van der Waals surface area contributed by atoms with Crippen LogP contribution in [0.5, 0.6) is 0 Å². The Bertz CT molecular complexity index is 317. The maximum absolute atomic E-state index is 10.7. The summed E-state index contributed by atoms with van der Waals surface area (Å²) >= 11 is 5.31. The largest absolute Gasteiger partial charge is 0.276 e. The highest BCUT2D eigenvalue weighted by Gasteiger charge is 2.14. The molecular weight excluding hydrogens is 160 g/mol. The van der Waals surface area contributed by atoms with Crippen molar-refractivity contribution in [1.29, 1.82) is 0 Å². The lowest BCUT2D eigenvalue weighted by molar-refractivity contribution is 0.108. The summed E-state index contributed by atoms with van der Waals surface area (Å²) in [5.74, 6) is 0. The molecule has 1 aliphatic carbocycles. The van der Waals surface area contributed by atoms with Gasteiger partial charge in [-0.05, 0) is 47.7 Å². The van der Waals surface area contributed by atoms with Gasteiger partial charge in [0.05, 0.1) is 0 Å². The summed E-state index contributed by atoms with van der Waals surface area (Å²) in [4.78, 5) is 10.7. The van der Waals surface area contributed by atoms with Gasteiger partial charge in [-0.3, -0.25) is 4.79 Å². The molecule has 1 nitrogen and oxygen atoms in total. The molecule has 0 unspecified atom stereocenters. The van der Waals surface area contributed by atoms with Gasteiger partial charge in [0.15, 0.2) is 0 Å². The Morgan fingerprint density at radius 2 is 2.00 bits per heavy atom. The zero-order chi connectivity index (χ0) is 7.84. The van der Waals surface area contributed by atoms with Crippen LogP contribution in [0.2, 0.25) is 0 Å². The molecule has 0 bridgehead atoms. The van der Waals surface area contributed by atoms with Crippen LogP contribution in [0, 0.1) is 0 Å². The van der Waals surface area contributed by atoms with Gasteiger partial charge in [0.2, 0.25) is 0 Å². The topological polar surface area (TPSA) is 17.1 Å². The highest BCUT2D eigenvalue weighted by atomic mass is 35.5. The average molecular weight is 167 g/mol. The quantitative estimate of drug-likeness (QED) is 0.585. The second kappa shape index (κ2) is 2.35. The number of rotatable bonds is 1. The lowest BCUT2D eigenvalue weighted by Gasteiger charge is -2.18. The molecule has 0 radical (unpaired) electrons. The van der Waals surface area contributed by atoms with E-state index >= 15 is 0 Å². The number of fused-ring (bicyclic) bond motifs is 1. The summed E-state index contributed by atoms with van der Waals surface area (Å²) in [5, 5.41) is -0.361. The van der Waals surface area contributed by atoms with Crippen molar-refractivity contribution < 1.29 is 4.79 Å². The minimum absolute atomic E-state index is 0.361. The van der Waals surface area contributed by atoms with Gasteiger partial charge in [-0.1, -0.05) is 6.07 Å². The van der Waals surface area contributed by atoms with Crippen molar-refractivity contribution in [3.8, 4) is 0 Å². The second-order valence-electron chi connectivity index (χ2n) is 2.76. The molecular formula is C9H7ClO. The predicted molar refractivity (Wildman–Crippen MR) is 44.0 cm³/mol. The van der Waals surface area contributed by atoms with Crippen molar-refractivity contribution in [1.82, 2.24) is 0 Å². The third-order valence-electron chi connectivity index (χ3n) is 2.10. The Morgan fingerprint density at radius 1 is 1.27 bits per heavy atom. The van der Waals surface area contributed by atoms with Crippen molar-refractivity contribution in [2.24, 2.45) is 0 Å². The van der Waals surface area contributed by atoms with Crippen LogP contribution in [0.3, 0.4) is 0 Å². The number of halogens is 1. The van der Waals surface area contributed by atoms with Gasteiger partial charge in [-0.15, -0.1) is 0 Å². The van der Waals surface area contributed by atoms with Crippen molar-refractivity contribution in [2.45, 2.75) is 12.8 Å². The van der Waals surface area contributed by atoms with Gasteiger partial charge in [-0.25, -0.2) is 0 Å². The Hall–Kier alpha value is -0.820. The fourth-order valence-electron chi connectivity index (χ4n) is 1.32. The average Bonchev–Trinajstić information content (AvgIpc) is 1.91. The smallest absolute Gasteiger partial charge is 0.252 e. The van der Waals surface area contributed by atoms with E-state index in [1.54, 1.807) is 6.07 Å². The van der Waals surface area contributed by atoms with E-state index in [-0.39, 0.29) is 5.24 Å². The van der Waals surface area contributed by atoms with Crippen LogP contribution in [0.1, 0.15) is 21.5 Å². The first-order chi connectivity index (χ1) is 5.27. The number of carbonyl (C=O) groups is 1. The number of hydrogen-bond acceptors (Lipinski definition) is 1. The van der Waals surface area contributed by atoms with E-state index in [2.05, 4.69) is 0 Å². The molecule has 0 aromatic heterocycles. The summed E-state index contributed by atoms with van der Waals surface area (Å²) in [5.41, 5.74) is 3.24. The molecule has 56 valence electrons. The van der Waals surface area contributed by atoms with Gasteiger partial charge in [0.25, 0.3) is 5.24 Å². The first-order valence-corrected chi connectivity index (χ1v) is 3.97. The lowest BCUT2D eigenvalue weighted by Crippen LogP contribution is -2.08. The Kier molecular flexibility index (Phi) is 1.46. The fourth-order valence-corrected chi connectivity index (χ4v) is 1.43. The first-order valence-electron chi connectivity index (χ1n) is 3.59. The van der Waals surface area contributed by atoms with Gasteiger partial charge >= 0.3 is 0 Å². The van der Waals surface area contributed by atoms with Gasteiger partial charge in [0, 0.05) is 5.56 Å². The van der Waals surface area contributed by atoms with E-state index in [1.807, 2.05) is 12.1 Å². The zero-order valence-corrected chi connectivity index (χ0v) is 6.69. The molecule has 0 aliphatic heterocycles. The first kappa shape index (κ1) is 6.86. The molecule has 1 aromatic carbocycles. The number of benzene rings is 1. The monoisotopic (exact) mass is 166 g/mol. The van der Waals surface area contributed by atoms with Gasteiger partial charge in [0.1, 0.15) is 0 Å². The second-order valence-corrected chi connectivity index (χ2v) is 3.10. The third kappa shape index (κ3) is 1.05. The van der Waals surface area contributed by atoms with E-state index < -0.39 is 0 Å². The molecule has 0 fully saturated rings. The maximum Gasteiger partial charge on any atom is 0.252 e. The molecule has 0 saturated heterocycles. The Labute approximate surface area is 70.0 Å². The zero-order valence-electron chi connectivity index (χ0n) is 5.93. The minimum atomic E-state index is -0.361. The Balaban J connectivity index is 2.46. The van der Waals surface area contributed by atoms with Crippen molar-refractivity contribution in [2.75, 3.05) is 0 Å². The third-order valence-corrected chi connectivity index (χ3v) is 2.32. The molecule has 1 aromatic rings. The molecule has 0 N–H and O–H groups in total. The molecule has 0 amide bonds. The van der Waals surface area contributed by atoms with Crippen LogP contribution >= 0.6 is 11.6 Å². The summed E-state index contributed by atoms with van der Waals surface area (Å²) in [6, 6.07) is 5.65. The van der Waals surface area contributed by atoms with E-state index in [4.69, 9.17) is 11.6 Å². The molecule has 2 rings (SSSR count). The SMILES string of the molecule is O=C(Cl)c1ccc2c(c1)CC2. The minimum Gasteiger partial charge on any atom is -0.276 e. The normalized spacial score (nSPS) is 13.5. The summed E-state index contributed by atoms with van der Waals surface area (Å²) < 4.78 is 0. The van der Waals surface area contributed by atoms with Gasteiger partial charge < -0.3 is 0 Å². The van der Waals surface area contributed by atoms with Crippen molar-refractivity contribution in [3.05, 3.63) is 34.9 Å². The van der Waals surface area contributed by atoms with Crippen LogP contribution in [-0.4, -0.2) is 5.24 Å². The standard InChI is InChI=1S/C9H7ClO/c10-9(11)8-4-2-6-1-3-7(6)5-8/h2,4-5H,1,3H2. The Morgan fingerprint density at radius 3 is 2.45 bits per heavy atom. The number of carbonyl (C=O) groups excluding carboxylic acids is 1. The summed E-state index contributed by atoms with van der Waals surface area (Å²) in [7, 11) is 0. The number of hydrogen-bond donors (Lipinski definition) is 0. The van der Waals surface area contributed by atoms with Crippen molar-refractivity contribution in [3.63, 3.8) is 0 Å².